The first-order valence-corrected chi connectivity index (χ1v) is 9.71. The molecule has 31 heavy (non-hydrogen) atoms. The van der Waals surface area contributed by atoms with Crippen LogP contribution in [-0.2, 0) is 0 Å². The van der Waals surface area contributed by atoms with E-state index in [1.54, 1.807) is 18.1 Å². The highest BCUT2D eigenvalue weighted by molar-refractivity contribution is 6.05. The van der Waals surface area contributed by atoms with Gasteiger partial charge in [-0.2, -0.15) is 10.4 Å². The highest BCUT2D eigenvalue weighted by Crippen LogP contribution is 2.26. The molecule has 2 heterocycles. The standard InChI is InChI=1S/C21H20N6O4/c1-31-16-5-2-14(3-6-16)19(13-22)25-8-10-26(11-9-25)21(28)20-17-12-15(27(29)30)4-7-18(17)23-24-20/h2-7,12,19H,8-11H2,1H3,(H,23,24). The summed E-state index contributed by atoms with van der Waals surface area (Å²) in [5.74, 6) is 0.437. The van der Waals surface area contributed by atoms with Crippen LogP contribution in [0.4, 0.5) is 5.69 Å². The van der Waals surface area contributed by atoms with E-state index in [9.17, 15) is 20.2 Å². The van der Waals surface area contributed by atoms with Gasteiger partial charge in [0.2, 0.25) is 0 Å². The van der Waals surface area contributed by atoms with E-state index in [0.717, 1.165) is 11.3 Å². The Labute approximate surface area is 177 Å². The van der Waals surface area contributed by atoms with Gasteiger partial charge in [0.25, 0.3) is 11.6 Å². The second kappa shape index (κ2) is 8.41. The molecule has 0 spiro atoms. The zero-order chi connectivity index (χ0) is 22.0. The number of hydrogen-bond donors (Lipinski definition) is 1. The van der Waals surface area contributed by atoms with E-state index in [1.807, 2.05) is 29.2 Å². The summed E-state index contributed by atoms with van der Waals surface area (Å²) in [4.78, 5) is 27.3. The van der Waals surface area contributed by atoms with Crippen LogP contribution >= 0.6 is 0 Å². The van der Waals surface area contributed by atoms with Crippen LogP contribution in [0.15, 0.2) is 42.5 Å². The average Bonchev–Trinajstić information content (AvgIpc) is 3.23. The molecule has 10 nitrogen and oxygen atoms in total. The SMILES string of the molecule is COc1ccc(C(C#N)N2CCN(C(=O)c3n[nH]c4ccc([N+](=O)[O-])cc34)CC2)cc1. The van der Waals surface area contributed by atoms with Gasteiger partial charge in [0.05, 0.1) is 23.6 Å². The van der Waals surface area contributed by atoms with Gasteiger partial charge in [0.1, 0.15) is 11.8 Å². The van der Waals surface area contributed by atoms with Gasteiger partial charge < -0.3 is 9.64 Å². The molecule has 3 aromatic rings. The molecule has 10 heteroatoms. The summed E-state index contributed by atoms with van der Waals surface area (Å²) in [6, 6.07) is 13.6. The number of amides is 1. The minimum absolute atomic E-state index is 0.0934. The predicted octanol–water partition coefficient (Wildman–Crippen LogP) is 2.50. The fourth-order valence-corrected chi connectivity index (χ4v) is 3.76. The Morgan fingerprint density at radius 1 is 1.23 bits per heavy atom. The molecule has 0 saturated carbocycles. The van der Waals surface area contributed by atoms with E-state index in [1.165, 1.54) is 12.1 Å². The predicted molar refractivity (Wildman–Crippen MR) is 112 cm³/mol. The minimum atomic E-state index is -0.499. The number of fused-ring (bicyclic) bond motifs is 1. The second-order valence-electron chi connectivity index (χ2n) is 7.19. The Morgan fingerprint density at radius 2 is 1.94 bits per heavy atom. The molecule has 1 saturated heterocycles. The third-order valence-corrected chi connectivity index (χ3v) is 5.48. The lowest BCUT2D eigenvalue weighted by atomic mass is 10.1. The number of nitro groups is 1. The smallest absolute Gasteiger partial charge is 0.275 e. The molecular weight excluding hydrogens is 400 g/mol. The zero-order valence-electron chi connectivity index (χ0n) is 16.8. The zero-order valence-corrected chi connectivity index (χ0v) is 16.8. The Balaban J connectivity index is 1.47. The van der Waals surface area contributed by atoms with Crippen molar-refractivity contribution in [2.75, 3.05) is 33.3 Å². The first-order valence-electron chi connectivity index (χ1n) is 9.71. The molecule has 1 amide bonds. The number of benzene rings is 2. The van der Waals surface area contributed by atoms with Crippen molar-refractivity contribution < 1.29 is 14.5 Å². The topological polar surface area (TPSA) is 128 Å². The van der Waals surface area contributed by atoms with E-state index in [4.69, 9.17) is 4.74 Å². The molecule has 1 N–H and O–H groups in total. The third kappa shape index (κ3) is 3.91. The quantitative estimate of drug-likeness (QED) is 0.496. The number of rotatable bonds is 5. The van der Waals surface area contributed by atoms with Crippen molar-refractivity contribution in [2.24, 2.45) is 0 Å². The van der Waals surface area contributed by atoms with Crippen LogP contribution in [0.2, 0.25) is 0 Å². The number of ether oxygens (including phenoxy) is 1. The number of nitro benzene ring substituents is 1. The molecule has 1 fully saturated rings. The molecule has 0 bridgehead atoms. The van der Waals surface area contributed by atoms with Crippen molar-refractivity contribution >= 4 is 22.5 Å². The maximum absolute atomic E-state index is 13.0. The number of nitrogens with zero attached hydrogens (tertiary/aromatic N) is 5. The van der Waals surface area contributed by atoms with Crippen molar-refractivity contribution in [3.63, 3.8) is 0 Å². The molecular formula is C21H20N6O4. The highest BCUT2D eigenvalue weighted by atomic mass is 16.6. The maximum Gasteiger partial charge on any atom is 0.275 e. The van der Waals surface area contributed by atoms with Crippen LogP contribution in [0.25, 0.3) is 10.9 Å². The Kier molecular flexibility index (Phi) is 5.51. The number of aromatic nitrogens is 2. The minimum Gasteiger partial charge on any atom is -0.497 e. The van der Waals surface area contributed by atoms with Gasteiger partial charge in [-0.15, -0.1) is 0 Å². The summed E-state index contributed by atoms with van der Waals surface area (Å²) in [6.45, 7) is 1.91. The Morgan fingerprint density at radius 3 is 2.55 bits per heavy atom. The van der Waals surface area contributed by atoms with E-state index in [0.29, 0.717) is 37.1 Å². The second-order valence-corrected chi connectivity index (χ2v) is 7.19. The molecule has 1 unspecified atom stereocenters. The van der Waals surface area contributed by atoms with Crippen molar-refractivity contribution in [3.05, 3.63) is 63.8 Å². The molecule has 1 atom stereocenters. The van der Waals surface area contributed by atoms with Gasteiger partial charge in [-0.25, -0.2) is 0 Å². The first kappa shape index (κ1) is 20.3. The molecule has 0 radical (unpaired) electrons. The summed E-state index contributed by atoms with van der Waals surface area (Å²) >= 11 is 0. The Bertz CT molecular complexity index is 1160. The molecule has 1 aromatic heterocycles. The number of carbonyl (C=O) groups excluding carboxylic acids is 1. The number of hydrogen-bond acceptors (Lipinski definition) is 7. The van der Waals surface area contributed by atoms with E-state index in [2.05, 4.69) is 16.3 Å². The number of carbonyl (C=O) groups is 1. The molecule has 1 aliphatic rings. The summed E-state index contributed by atoms with van der Waals surface area (Å²) < 4.78 is 5.17. The van der Waals surface area contributed by atoms with Gasteiger partial charge in [0, 0.05) is 43.7 Å². The largest absolute Gasteiger partial charge is 0.497 e. The van der Waals surface area contributed by atoms with Gasteiger partial charge in [0.15, 0.2) is 5.69 Å². The van der Waals surface area contributed by atoms with E-state index >= 15 is 0 Å². The molecule has 158 valence electrons. The van der Waals surface area contributed by atoms with Gasteiger partial charge in [-0.05, 0) is 23.8 Å². The lowest BCUT2D eigenvalue weighted by Gasteiger charge is -2.36. The summed E-state index contributed by atoms with van der Waals surface area (Å²) in [5.41, 5.74) is 1.51. The van der Waals surface area contributed by atoms with Crippen molar-refractivity contribution in [2.45, 2.75) is 6.04 Å². The number of nitriles is 1. The van der Waals surface area contributed by atoms with Crippen molar-refractivity contribution in [1.82, 2.24) is 20.0 Å². The lowest BCUT2D eigenvalue weighted by Crippen LogP contribution is -2.49. The lowest BCUT2D eigenvalue weighted by molar-refractivity contribution is -0.384. The number of nitrogens with one attached hydrogen (secondary N) is 1. The first-order chi connectivity index (χ1) is 15.0. The summed E-state index contributed by atoms with van der Waals surface area (Å²) in [6.07, 6.45) is 0. The van der Waals surface area contributed by atoms with Crippen LogP contribution in [0.5, 0.6) is 5.75 Å². The monoisotopic (exact) mass is 420 g/mol. The summed E-state index contributed by atoms with van der Waals surface area (Å²) in [7, 11) is 1.59. The molecule has 1 aliphatic heterocycles. The number of aromatic amines is 1. The number of non-ortho nitro benzene ring substituents is 1. The van der Waals surface area contributed by atoms with Crippen LogP contribution in [0, 0.1) is 21.4 Å². The van der Waals surface area contributed by atoms with Crippen LogP contribution < -0.4 is 4.74 Å². The average molecular weight is 420 g/mol. The van der Waals surface area contributed by atoms with Crippen molar-refractivity contribution in [3.8, 4) is 11.8 Å². The van der Waals surface area contributed by atoms with E-state index < -0.39 is 11.0 Å². The number of H-pyrrole nitrogens is 1. The number of methoxy groups -OCH3 is 1. The normalized spacial score (nSPS) is 15.4. The van der Waals surface area contributed by atoms with Crippen LogP contribution in [0.3, 0.4) is 0 Å². The van der Waals surface area contributed by atoms with Gasteiger partial charge in [-0.1, -0.05) is 12.1 Å². The van der Waals surface area contributed by atoms with Gasteiger partial charge in [-0.3, -0.25) is 24.9 Å². The Hall–Kier alpha value is -3.97. The van der Waals surface area contributed by atoms with E-state index in [-0.39, 0.29) is 17.3 Å². The number of piperazine rings is 1. The fourth-order valence-electron chi connectivity index (χ4n) is 3.76. The highest BCUT2D eigenvalue weighted by Gasteiger charge is 2.29. The van der Waals surface area contributed by atoms with Crippen molar-refractivity contribution in [1.29, 1.82) is 5.26 Å². The maximum atomic E-state index is 13.0. The molecule has 4 rings (SSSR count). The fraction of sp³-hybridized carbons (Fsp3) is 0.286. The van der Waals surface area contributed by atoms with Crippen LogP contribution in [-0.4, -0.2) is 64.1 Å². The molecule has 2 aromatic carbocycles. The summed E-state index contributed by atoms with van der Waals surface area (Å²) in [5, 5.41) is 28.0. The molecule has 0 aliphatic carbocycles. The van der Waals surface area contributed by atoms with Gasteiger partial charge >= 0.3 is 0 Å². The van der Waals surface area contributed by atoms with Crippen LogP contribution in [0.1, 0.15) is 22.1 Å². The third-order valence-electron chi connectivity index (χ3n) is 5.48.